The molecule has 0 heterocycles. The Bertz CT molecular complexity index is 478. The number of likely N-dealkylation sites (N-methyl/N-ethyl adjacent to an activating group) is 1. The predicted molar refractivity (Wildman–Crippen MR) is 66.7 cm³/mol. The minimum Gasteiger partial charge on any atom is -0.394 e. The SMILES string of the molecule is CC(CO)N(C)C(=O)c1c(Cl)cccc1[N+](=O)[O-]. The molecule has 0 aromatic heterocycles. The van der Waals surface area contributed by atoms with Gasteiger partial charge in [-0.1, -0.05) is 17.7 Å². The number of carbonyl (C=O) groups is 1. The molecular formula is C11H13ClN2O4. The first-order valence-corrected chi connectivity index (χ1v) is 5.58. The van der Waals surface area contributed by atoms with Crippen LogP contribution in [0, 0.1) is 10.1 Å². The van der Waals surface area contributed by atoms with Crippen LogP contribution in [-0.4, -0.2) is 40.5 Å². The summed E-state index contributed by atoms with van der Waals surface area (Å²) in [5.41, 5.74) is -0.503. The van der Waals surface area contributed by atoms with Crippen LogP contribution < -0.4 is 0 Å². The molecule has 1 aromatic rings. The molecule has 1 aromatic carbocycles. The van der Waals surface area contributed by atoms with Crippen molar-refractivity contribution in [1.29, 1.82) is 0 Å². The molecule has 1 rings (SSSR count). The molecule has 7 heteroatoms. The highest BCUT2D eigenvalue weighted by molar-refractivity contribution is 6.34. The fourth-order valence-corrected chi connectivity index (χ4v) is 1.63. The van der Waals surface area contributed by atoms with E-state index in [1.165, 1.54) is 30.1 Å². The Balaban J connectivity index is 3.24. The lowest BCUT2D eigenvalue weighted by molar-refractivity contribution is -0.385. The number of halogens is 1. The Kier molecular flexibility index (Phi) is 4.63. The summed E-state index contributed by atoms with van der Waals surface area (Å²) in [4.78, 5) is 23.5. The Labute approximate surface area is 109 Å². The molecule has 1 unspecified atom stereocenters. The van der Waals surface area contributed by atoms with E-state index in [2.05, 4.69) is 0 Å². The van der Waals surface area contributed by atoms with Gasteiger partial charge in [0.25, 0.3) is 11.6 Å². The molecule has 0 radical (unpaired) electrons. The van der Waals surface area contributed by atoms with E-state index >= 15 is 0 Å². The molecule has 0 aliphatic carbocycles. The van der Waals surface area contributed by atoms with Crippen LogP contribution in [0.15, 0.2) is 18.2 Å². The maximum absolute atomic E-state index is 12.1. The molecule has 0 aliphatic rings. The first-order valence-electron chi connectivity index (χ1n) is 5.21. The van der Waals surface area contributed by atoms with E-state index in [1.54, 1.807) is 6.92 Å². The first kappa shape index (κ1) is 14.4. The zero-order valence-electron chi connectivity index (χ0n) is 9.96. The minimum absolute atomic E-state index is 0.0196. The third kappa shape index (κ3) is 2.77. The van der Waals surface area contributed by atoms with Gasteiger partial charge in [0.2, 0.25) is 0 Å². The molecule has 0 fully saturated rings. The normalized spacial score (nSPS) is 12.0. The lowest BCUT2D eigenvalue weighted by atomic mass is 10.1. The second-order valence-electron chi connectivity index (χ2n) is 3.84. The smallest absolute Gasteiger partial charge is 0.283 e. The number of nitrogens with zero attached hydrogens (tertiary/aromatic N) is 2. The summed E-state index contributed by atoms with van der Waals surface area (Å²) in [5.74, 6) is -0.589. The molecule has 0 bridgehead atoms. The van der Waals surface area contributed by atoms with Crippen LogP contribution >= 0.6 is 11.6 Å². The number of carbonyl (C=O) groups excluding carboxylic acids is 1. The van der Waals surface area contributed by atoms with Gasteiger partial charge in [0.15, 0.2) is 0 Å². The van der Waals surface area contributed by atoms with Gasteiger partial charge in [-0.25, -0.2) is 0 Å². The zero-order chi connectivity index (χ0) is 13.9. The van der Waals surface area contributed by atoms with Crippen molar-refractivity contribution in [3.05, 3.63) is 38.9 Å². The molecule has 0 saturated heterocycles. The van der Waals surface area contributed by atoms with E-state index in [0.29, 0.717) is 0 Å². The molecule has 0 saturated carbocycles. The maximum atomic E-state index is 12.1. The van der Waals surface area contributed by atoms with E-state index in [9.17, 15) is 14.9 Å². The Morgan fingerprint density at radius 3 is 2.72 bits per heavy atom. The van der Waals surface area contributed by atoms with Crippen LogP contribution in [0.1, 0.15) is 17.3 Å². The van der Waals surface area contributed by atoms with Crippen LogP contribution in [0.5, 0.6) is 0 Å². The van der Waals surface area contributed by atoms with Crippen molar-refractivity contribution >= 4 is 23.2 Å². The van der Waals surface area contributed by atoms with Crippen LogP contribution in [0.3, 0.4) is 0 Å². The molecule has 18 heavy (non-hydrogen) atoms. The first-order chi connectivity index (χ1) is 8.40. The molecule has 98 valence electrons. The fraction of sp³-hybridized carbons (Fsp3) is 0.364. The molecule has 1 N–H and O–H groups in total. The van der Waals surface area contributed by atoms with Crippen molar-refractivity contribution in [2.75, 3.05) is 13.7 Å². The van der Waals surface area contributed by atoms with Crippen LogP contribution in [-0.2, 0) is 0 Å². The summed E-state index contributed by atoms with van der Waals surface area (Å²) in [6.45, 7) is 1.39. The number of hydrogen-bond donors (Lipinski definition) is 1. The standard InChI is InChI=1S/C11H13ClN2O4/c1-7(6-15)13(2)11(16)10-8(12)4-3-5-9(10)14(17)18/h3-5,7,15H,6H2,1-2H3. The lowest BCUT2D eigenvalue weighted by Crippen LogP contribution is -2.37. The van der Waals surface area contributed by atoms with E-state index in [-0.39, 0.29) is 22.9 Å². The molecule has 6 nitrogen and oxygen atoms in total. The third-order valence-corrected chi connectivity index (χ3v) is 2.96. The molecule has 0 spiro atoms. The fourth-order valence-electron chi connectivity index (χ4n) is 1.38. The number of amides is 1. The number of hydrogen-bond acceptors (Lipinski definition) is 4. The number of nitro groups is 1. The van der Waals surface area contributed by atoms with E-state index in [0.717, 1.165) is 0 Å². The zero-order valence-corrected chi connectivity index (χ0v) is 10.7. The van der Waals surface area contributed by atoms with Gasteiger partial charge in [-0.15, -0.1) is 0 Å². The molecule has 0 aliphatic heterocycles. The van der Waals surface area contributed by atoms with E-state index in [4.69, 9.17) is 16.7 Å². The number of benzene rings is 1. The Hall–Kier alpha value is -1.66. The molecule has 1 amide bonds. The summed E-state index contributed by atoms with van der Waals surface area (Å²) < 4.78 is 0. The monoisotopic (exact) mass is 272 g/mol. The minimum atomic E-state index is -0.656. The van der Waals surface area contributed by atoms with Gasteiger partial charge in [0.05, 0.1) is 22.6 Å². The van der Waals surface area contributed by atoms with Crippen LogP contribution in [0.2, 0.25) is 5.02 Å². The third-order valence-electron chi connectivity index (χ3n) is 2.65. The number of aliphatic hydroxyl groups is 1. The van der Waals surface area contributed by atoms with Crippen molar-refractivity contribution in [3.8, 4) is 0 Å². The largest absolute Gasteiger partial charge is 0.394 e. The molecular weight excluding hydrogens is 260 g/mol. The van der Waals surface area contributed by atoms with Gasteiger partial charge in [0.1, 0.15) is 5.56 Å². The van der Waals surface area contributed by atoms with E-state index in [1.807, 2.05) is 0 Å². The second-order valence-corrected chi connectivity index (χ2v) is 4.25. The highest BCUT2D eigenvalue weighted by atomic mass is 35.5. The summed E-state index contributed by atoms with van der Waals surface area (Å²) >= 11 is 5.85. The lowest BCUT2D eigenvalue weighted by Gasteiger charge is -2.23. The Morgan fingerprint density at radius 2 is 2.22 bits per heavy atom. The topological polar surface area (TPSA) is 83.7 Å². The summed E-state index contributed by atoms with van der Waals surface area (Å²) in [7, 11) is 1.45. The van der Waals surface area contributed by atoms with Crippen molar-refractivity contribution in [1.82, 2.24) is 4.90 Å². The Morgan fingerprint density at radius 1 is 1.61 bits per heavy atom. The van der Waals surface area contributed by atoms with Crippen LogP contribution in [0.4, 0.5) is 5.69 Å². The van der Waals surface area contributed by atoms with Gasteiger partial charge in [-0.2, -0.15) is 0 Å². The van der Waals surface area contributed by atoms with Gasteiger partial charge >= 0.3 is 0 Å². The predicted octanol–water partition coefficient (Wildman–Crippen LogP) is 1.70. The number of nitro benzene ring substituents is 1. The number of rotatable bonds is 4. The summed E-state index contributed by atoms with van der Waals surface area (Å²) in [6, 6.07) is 3.59. The van der Waals surface area contributed by atoms with E-state index < -0.39 is 16.9 Å². The van der Waals surface area contributed by atoms with Crippen molar-refractivity contribution in [3.63, 3.8) is 0 Å². The highest BCUT2D eigenvalue weighted by Gasteiger charge is 2.27. The molecule has 1 atom stereocenters. The van der Waals surface area contributed by atoms with Crippen molar-refractivity contribution in [2.24, 2.45) is 0 Å². The average molecular weight is 273 g/mol. The maximum Gasteiger partial charge on any atom is 0.283 e. The average Bonchev–Trinajstić information content (AvgIpc) is 2.35. The summed E-state index contributed by atoms with van der Waals surface area (Å²) in [5, 5.41) is 19.9. The van der Waals surface area contributed by atoms with Gasteiger partial charge in [-0.3, -0.25) is 14.9 Å². The van der Waals surface area contributed by atoms with Crippen LogP contribution in [0.25, 0.3) is 0 Å². The van der Waals surface area contributed by atoms with Crippen molar-refractivity contribution in [2.45, 2.75) is 13.0 Å². The van der Waals surface area contributed by atoms with Gasteiger partial charge in [-0.05, 0) is 13.0 Å². The summed E-state index contributed by atoms with van der Waals surface area (Å²) in [6.07, 6.45) is 0. The second kappa shape index (κ2) is 5.79. The van der Waals surface area contributed by atoms with Gasteiger partial charge < -0.3 is 10.0 Å². The highest BCUT2D eigenvalue weighted by Crippen LogP contribution is 2.27. The quantitative estimate of drug-likeness (QED) is 0.668. The number of aliphatic hydroxyl groups excluding tert-OH is 1. The van der Waals surface area contributed by atoms with Gasteiger partial charge in [0, 0.05) is 13.1 Å². The van der Waals surface area contributed by atoms with Crippen molar-refractivity contribution < 1.29 is 14.8 Å².